The van der Waals surface area contributed by atoms with Gasteiger partial charge in [0.2, 0.25) is 5.91 Å². The van der Waals surface area contributed by atoms with E-state index < -0.39 is 0 Å². The molecule has 2 aliphatic rings. The van der Waals surface area contributed by atoms with E-state index in [9.17, 15) is 4.79 Å². The first kappa shape index (κ1) is 18.3. The number of carbonyl (C=O) groups is 1. The Bertz CT molecular complexity index is 426. The zero-order chi connectivity index (χ0) is 13.2. The molecule has 1 aromatic rings. The highest BCUT2D eigenvalue weighted by molar-refractivity contribution is 5.85. The van der Waals surface area contributed by atoms with Crippen LogP contribution < -0.4 is 5.32 Å². The van der Waals surface area contributed by atoms with Crippen LogP contribution in [0.2, 0.25) is 0 Å². The van der Waals surface area contributed by atoms with Crippen LogP contribution in [0.1, 0.15) is 25.8 Å². The fraction of sp³-hybridized carbons (Fsp3) is 0.714. The molecule has 3 heterocycles. The number of nitrogens with one attached hydrogen (secondary N) is 1. The highest BCUT2D eigenvalue weighted by Crippen LogP contribution is 2.27. The van der Waals surface area contributed by atoms with E-state index >= 15 is 0 Å². The van der Waals surface area contributed by atoms with Crippen LogP contribution in [0.25, 0.3) is 0 Å². The number of likely N-dealkylation sites (tertiary alicyclic amines) is 1. The molecular formula is C14H24Cl2N4O. The van der Waals surface area contributed by atoms with Crippen molar-refractivity contribution in [3.05, 3.63) is 18.5 Å². The lowest BCUT2D eigenvalue weighted by Crippen LogP contribution is -2.37. The molecule has 5 nitrogen and oxygen atoms in total. The standard InChI is InChI=1S/C14H22N4O.2ClH/c1-11(18-6-2-5-16-18)14(19)17-7-3-12-9-15-10-13(12)4-8-17;;/h2,5-6,11-13,15H,3-4,7-10H2,1H3;2*1H/t11?,12-,13+;;. The van der Waals surface area contributed by atoms with E-state index in [1.807, 2.05) is 24.1 Å². The Morgan fingerprint density at radius 3 is 2.38 bits per heavy atom. The summed E-state index contributed by atoms with van der Waals surface area (Å²) >= 11 is 0. The molecule has 0 aliphatic carbocycles. The van der Waals surface area contributed by atoms with Crippen molar-refractivity contribution in [3.8, 4) is 0 Å². The van der Waals surface area contributed by atoms with E-state index in [0.717, 1.165) is 50.9 Å². The van der Waals surface area contributed by atoms with E-state index in [4.69, 9.17) is 0 Å². The minimum atomic E-state index is -0.189. The second-order valence-electron chi connectivity index (χ2n) is 5.74. The minimum Gasteiger partial charge on any atom is -0.341 e. The summed E-state index contributed by atoms with van der Waals surface area (Å²) in [4.78, 5) is 14.6. The normalized spacial score (nSPS) is 26.0. The average Bonchev–Trinajstić information content (AvgIpc) is 3.06. The Morgan fingerprint density at radius 2 is 1.86 bits per heavy atom. The van der Waals surface area contributed by atoms with Gasteiger partial charge in [-0.3, -0.25) is 9.48 Å². The van der Waals surface area contributed by atoms with Crippen LogP contribution in [0.4, 0.5) is 0 Å². The zero-order valence-electron chi connectivity index (χ0n) is 12.3. The Kier molecular flexibility index (Phi) is 6.97. The Balaban J connectivity index is 0.00000110. The molecule has 0 bridgehead atoms. The van der Waals surface area contributed by atoms with E-state index in [-0.39, 0.29) is 36.8 Å². The first-order chi connectivity index (χ1) is 9.25. The Morgan fingerprint density at radius 1 is 1.24 bits per heavy atom. The summed E-state index contributed by atoms with van der Waals surface area (Å²) < 4.78 is 1.75. The number of amides is 1. The monoisotopic (exact) mass is 334 g/mol. The number of hydrogen-bond donors (Lipinski definition) is 1. The molecule has 1 unspecified atom stereocenters. The van der Waals surface area contributed by atoms with Crippen LogP contribution in [-0.4, -0.2) is 46.8 Å². The number of rotatable bonds is 2. The van der Waals surface area contributed by atoms with Crippen molar-refractivity contribution in [3.63, 3.8) is 0 Å². The molecule has 2 aliphatic heterocycles. The lowest BCUT2D eigenvalue weighted by atomic mass is 9.92. The van der Waals surface area contributed by atoms with Crippen LogP contribution in [-0.2, 0) is 4.79 Å². The number of halogens is 2. The molecule has 1 aromatic heterocycles. The van der Waals surface area contributed by atoms with Gasteiger partial charge in [-0.15, -0.1) is 24.8 Å². The van der Waals surface area contributed by atoms with Gasteiger partial charge in [0.1, 0.15) is 6.04 Å². The van der Waals surface area contributed by atoms with Crippen LogP contribution in [0.15, 0.2) is 18.5 Å². The van der Waals surface area contributed by atoms with Crippen LogP contribution in [0, 0.1) is 11.8 Å². The van der Waals surface area contributed by atoms with Crippen molar-refractivity contribution >= 4 is 30.7 Å². The van der Waals surface area contributed by atoms with Crippen molar-refractivity contribution in [2.75, 3.05) is 26.2 Å². The van der Waals surface area contributed by atoms with Gasteiger partial charge in [0, 0.05) is 25.5 Å². The largest absolute Gasteiger partial charge is 0.341 e. The van der Waals surface area contributed by atoms with Crippen molar-refractivity contribution in [2.45, 2.75) is 25.8 Å². The second kappa shape index (κ2) is 8.01. The quantitative estimate of drug-likeness (QED) is 0.896. The highest BCUT2D eigenvalue weighted by Gasteiger charge is 2.32. The number of aromatic nitrogens is 2. The molecule has 0 saturated carbocycles. The second-order valence-corrected chi connectivity index (χ2v) is 5.74. The third-order valence-electron chi connectivity index (χ3n) is 4.61. The van der Waals surface area contributed by atoms with Gasteiger partial charge in [0.05, 0.1) is 0 Å². The predicted molar refractivity (Wildman–Crippen MR) is 87.1 cm³/mol. The predicted octanol–water partition coefficient (Wildman–Crippen LogP) is 1.75. The lowest BCUT2D eigenvalue weighted by Gasteiger charge is -2.24. The highest BCUT2D eigenvalue weighted by atomic mass is 35.5. The summed E-state index contributed by atoms with van der Waals surface area (Å²) in [5.41, 5.74) is 0. The summed E-state index contributed by atoms with van der Waals surface area (Å²) in [7, 11) is 0. The van der Waals surface area contributed by atoms with Gasteiger partial charge < -0.3 is 10.2 Å². The molecule has 0 aromatic carbocycles. The summed E-state index contributed by atoms with van der Waals surface area (Å²) in [5.74, 6) is 1.73. The third-order valence-corrected chi connectivity index (χ3v) is 4.61. The maximum atomic E-state index is 12.5. The molecule has 2 saturated heterocycles. The van der Waals surface area contributed by atoms with Crippen molar-refractivity contribution in [1.29, 1.82) is 0 Å². The van der Waals surface area contributed by atoms with E-state index in [2.05, 4.69) is 10.4 Å². The molecular weight excluding hydrogens is 311 g/mol. The molecule has 0 spiro atoms. The van der Waals surface area contributed by atoms with Crippen LogP contribution in [0.5, 0.6) is 0 Å². The first-order valence-electron chi connectivity index (χ1n) is 7.24. The third kappa shape index (κ3) is 3.90. The van der Waals surface area contributed by atoms with Gasteiger partial charge in [-0.2, -0.15) is 5.10 Å². The number of carbonyl (C=O) groups excluding carboxylic acids is 1. The molecule has 120 valence electrons. The van der Waals surface area contributed by atoms with Crippen LogP contribution in [0.3, 0.4) is 0 Å². The molecule has 21 heavy (non-hydrogen) atoms. The molecule has 3 rings (SSSR count). The maximum Gasteiger partial charge on any atom is 0.247 e. The number of nitrogens with zero attached hydrogens (tertiary/aromatic N) is 3. The van der Waals surface area contributed by atoms with Gasteiger partial charge in [0.15, 0.2) is 0 Å². The fourth-order valence-corrected chi connectivity index (χ4v) is 3.33. The summed E-state index contributed by atoms with van der Waals surface area (Å²) in [5, 5.41) is 7.64. The van der Waals surface area contributed by atoms with Crippen LogP contribution >= 0.6 is 24.8 Å². The molecule has 1 amide bonds. The number of fused-ring (bicyclic) bond motifs is 1. The summed E-state index contributed by atoms with van der Waals surface area (Å²) in [6.45, 7) is 5.98. The van der Waals surface area contributed by atoms with Gasteiger partial charge in [-0.25, -0.2) is 0 Å². The Hall–Kier alpha value is -0.780. The van der Waals surface area contributed by atoms with Crippen molar-refractivity contribution < 1.29 is 4.79 Å². The Labute approximate surface area is 138 Å². The lowest BCUT2D eigenvalue weighted by molar-refractivity contribution is -0.134. The van der Waals surface area contributed by atoms with Gasteiger partial charge in [0.25, 0.3) is 0 Å². The molecule has 1 N–H and O–H groups in total. The summed E-state index contributed by atoms with van der Waals surface area (Å²) in [6, 6.07) is 1.67. The average molecular weight is 335 g/mol. The van der Waals surface area contributed by atoms with Gasteiger partial charge in [-0.05, 0) is 50.8 Å². The van der Waals surface area contributed by atoms with E-state index in [1.165, 1.54) is 0 Å². The molecule has 7 heteroatoms. The first-order valence-corrected chi connectivity index (χ1v) is 7.24. The minimum absolute atomic E-state index is 0. The molecule has 3 atom stereocenters. The maximum absolute atomic E-state index is 12.5. The van der Waals surface area contributed by atoms with E-state index in [1.54, 1.807) is 10.9 Å². The summed E-state index contributed by atoms with van der Waals surface area (Å²) in [6.07, 6.45) is 5.85. The number of hydrogen-bond acceptors (Lipinski definition) is 3. The van der Waals surface area contributed by atoms with Crippen molar-refractivity contribution in [2.24, 2.45) is 11.8 Å². The molecule has 0 radical (unpaired) electrons. The topological polar surface area (TPSA) is 50.2 Å². The van der Waals surface area contributed by atoms with Crippen molar-refractivity contribution in [1.82, 2.24) is 20.0 Å². The fourth-order valence-electron chi connectivity index (χ4n) is 3.33. The smallest absolute Gasteiger partial charge is 0.247 e. The van der Waals surface area contributed by atoms with Gasteiger partial charge >= 0.3 is 0 Å². The van der Waals surface area contributed by atoms with E-state index in [0.29, 0.717) is 0 Å². The van der Waals surface area contributed by atoms with Gasteiger partial charge in [-0.1, -0.05) is 0 Å². The zero-order valence-corrected chi connectivity index (χ0v) is 13.9. The molecule has 2 fully saturated rings. The SMILES string of the molecule is CC(C(=O)N1CC[C@@H]2CNC[C@@H]2CC1)n1cccn1.Cl.Cl.